The predicted molar refractivity (Wildman–Crippen MR) is 55.5 cm³/mol. The Balaban J connectivity index is 4.06. The van der Waals surface area contributed by atoms with Crippen molar-refractivity contribution in [2.24, 2.45) is 5.92 Å². The minimum Gasteiger partial charge on any atom is -0.481 e. The van der Waals surface area contributed by atoms with Crippen LogP contribution in [0.1, 0.15) is 26.7 Å². The fraction of sp³-hybridized carbons (Fsp3) is 0.800. The third-order valence-corrected chi connectivity index (χ3v) is 1.91. The van der Waals surface area contributed by atoms with Crippen molar-refractivity contribution in [1.29, 1.82) is 0 Å². The van der Waals surface area contributed by atoms with Crippen molar-refractivity contribution in [1.82, 2.24) is 5.32 Å². The van der Waals surface area contributed by atoms with Gasteiger partial charge in [0.2, 0.25) is 0 Å². The number of carboxylic acid groups (broad SMARTS) is 1. The molecule has 0 unspecified atom stereocenters. The van der Waals surface area contributed by atoms with Gasteiger partial charge < -0.3 is 15.2 Å². The van der Waals surface area contributed by atoms with E-state index in [4.69, 9.17) is 5.11 Å². The zero-order valence-electron chi connectivity index (χ0n) is 9.45. The molecule has 88 valence electrons. The highest BCUT2D eigenvalue weighted by molar-refractivity contribution is 5.76. The van der Waals surface area contributed by atoms with Crippen molar-refractivity contribution in [2.75, 3.05) is 13.7 Å². The lowest BCUT2D eigenvalue weighted by Crippen LogP contribution is -2.39. The highest BCUT2D eigenvalue weighted by atomic mass is 16.5. The molecule has 0 aliphatic heterocycles. The third-order valence-electron chi connectivity index (χ3n) is 1.91. The summed E-state index contributed by atoms with van der Waals surface area (Å²) < 4.78 is 4.58. The van der Waals surface area contributed by atoms with Crippen LogP contribution in [0.2, 0.25) is 0 Å². The van der Waals surface area contributed by atoms with Crippen LogP contribution < -0.4 is 5.32 Å². The van der Waals surface area contributed by atoms with Crippen molar-refractivity contribution in [3.63, 3.8) is 0 Å². The van der Waals surface area contributed by atoms with Crippen LogP contribution in [0.15, 0.2) is 0 Å². The molecule has 0 aromatic rings. The number of aliphatic carboxylic acids is 1. The van der Waals surface area contributed by atoms with Crippen LogP contribution in [0.4, 0.5) is 0 Å². The minimum absolute atomic E-state index is 0.0368. The molecule has 1 atom stereocenters. The molecule has 0 saturated heterocycles. The van der Waals surface area contributed by atoms with Gasteiger partial charge in [0.25, 0.3) is 0 Å². The molecule has 15 heavy (non-hydrogen) atoms. The van der Waals surface area contributed by atoms with Crippen molar-refractivity contribution >= 4 is 11.9 Å². The van der Waals surface area contributed by atoms with Gasteiger partial charge in [-0.25, -0.2) is 0 Å². The fourth-order valence-electron chi connectivity index (χ4n) is 1.09. The summed E-state index contributed by atoms with van der Waals surface area (Å²) >= 11 is 0. The topological polar surface area (TPSA) is 75.6 Å². The lowest BCUT2D eigenvalue weighted by molar-refractivity contribution is -0.143. The lowest BCUT2D eigenvalue weighted by atomic mass is 10.1. The van der Waals surface area contributed by atoms with E-state index in [9.17, 15) is 9.59 Å². The number of nitrogens with one attached hydrogen (secondary N) is 1. The van der Waals surface area contributed by atoms with Crippen LogP contribution >= 0.6 is 0 Å². The maximum atomic E-state index is 11.3. The zero-order valence-corrected chi connectivity index (χ0v) is 9.45. The molecule has 5 heteroatoms. The predicted octanol–water partition coefficient (Wildman–Crippen LogP) is 0.638. The number of methoxy groups -OCH3 is 1. The van der Waals surface area contributed by atoms with Crippen LogP contribution in [0.25, 0.3) is 0 Å². The smallest absolute Gasteiger partial charge is 0.322 e. The van der Waals surface area contributed by atoms with Gasteiger partial charge in [0.05, 0.1) is 7.11 Å². The molecule has 0 aromatic heterocycles. The van der Waals surface area contributed by atoms with E-state index in [-0.39, 0.29) is 12.8 Å². The standard InChI is InChI=1S/C10H19NO4/c1-7(2)6-11-8(10(14)15-3)4-5-9(12)13/h7-8,11H,4-6H2,1-3H3,(H,12,13)/t8-/m0/s1. The van der Waals surface area contributed by atoms with E-state index in [1.165, 1.54) is 7.11 Å². The molecule has 0 spiro atoms. The van der Waals surface area contributed by atoms with Crippen LogP contribution in [0, 0.1) is 5.92 Å². The van der Waals surface area contributed by atoms with Crippen molar-refractivity contribution in [3.05, 3.63) is 0 Å². The highest BCUT2D eigenvalue weighted by Gasteiger charge is 2.19. The summed E-state index contributed by atoms with van der Waals surface area (Å²) in [4.78, 5) is 21.6. The van der Waals surface area contributed by atoms with E-state index < -0.39 is 18.0 Å². The quantitative estimate of drug-likeness (QED) is 0.612. The second-order valence-corrected chi connectivity index (χ2v) is 3.81. The van der Waals surface area contributed by atoms with Gasteiger partial charge in [0.15, 0.2) is 0 Å². The van der Waals surface area contributed by atoms with Gasteiger partial charge in [-0.05, 0) is 18.9 Å². The monoisotopic (exact) mass is 217 g/mol. The summed E-state index contributed by atoms with van der Waals surface area (Å²) in [6.45, 7) is 4.69. The zero-order chi connectivity index (χ0) is 11.8. The number of esters is 1. The molecular weight excluding hydrogens is 198 g/mol. The van der Waals surface area contributed by atoms with Crippen molar-refractivity contribution in [2.45, 2.75) is 32.7 Å². The number of ether oxygens (including phenoxy) is 1. The maximum absolute atomic E-state index is 11.3. The molecule has 0 saturated carbocycles. The third kappa shape index (κ3) is 6.90. The van der Waals surface area contributed by atoms with Gasteiger partial charge in [0, 0.05) is 6.42 Å². The SMILES string of the molecule is COC(=O)[C@H](CCC(=O)O)NCC(C)C. The Morgan fingerprint density at radius 1 is 1.40 bits per heavy atom. The molecule has 2 N–H and O–H groups in total. The van der Waals surface area contributed by atoms with Crippen LogP contribution in [0.3, 0.4) is 0 Å². The Morgan fingerprint density at radius 2 is 2.00 bits per heavy atom. The van der Waals surface area contributed by atoms with E-state index >= 15 is 0 Å². The number of carboxylic acids is 1. The van der Waals surface area contributed by atoms with Gasteiger partial charge in [-0.3, -0.25) is 9.59 Å². The summed E-state index contributed by atoms with van der Waals surface area (Å²) in [6.07, 6.45) is 0.222. The maximum Gasteiger partial charge on any atom is 0.322 e. The Kier molecular flexibility index (Phi) is 6.70. The number of carbonyl (C=O) groups excluding carboxylic acids is 1. The summed E-state index contributed by atoms with van der Waals surface area (Å²) in [5, 5.41) is 11.5. The van der Waals surface area contributed by atoms with Crippen molar-refractivity contribution in [3.8, 4) is 0 Å². The fourth-order valence-corrected chi connectivity index (χ4v) is 1.09. The molecule has 0 aromatic carbocycles. The first-order valence-electron chi connectivity index (χ1n) is 5.00. The molecule has 0 amide bonds. The Bertz CT molecular complexity index is 215. The molecule has 5 nitrogen and oxygen atoms in total. The molecule has 0 rings (SSSR count). The summed E-state index contributed by atoms with van der Waals surface area (Å²) in [6, 6.07) is -0.520. The average Bonchev–Trinajstić information content (AvgIpc) is 2.16. The van der Waals surface area contributed by atoms with Gasteiger partial charge in [-0.2, -0.15) is 0 Å². The van der Waals surface area contributed by atoms with Gasteiger partial charge in [-0.15, -0.1) is 0 Å². The Hall–Kier alpha value is -1.10. The molecule has 0 heterocycles. The van der Waals surface area contributed by atoms with E-state index in [0.717, 1.165) is 0 Å². The van der Waals surface area contributed by atoms with E-state index in [1.54, 1.807) is 0 Å². The van der Waals surface area contributed by atoms with Gasteiger partial charge in [-0.1, -0.05) is 13.8 Å². The average molecular weight is 217 g/mol. The Labute approximate surface area is 89.8 Å². The normalized spacial score (nSPS) is 12.5. The second-order valence-electron chi connectivity index (χ2n) is 3.81. The number of hydrogen-bond acceptors (Lipinski definition) is 4. The molecule has 0 fully saturated rings. The first-order chi connectivity index (χ1) is 6.97. The largest absolute Gasteiger partial charge is 0.481 e. The summed E-state index contributed by atoms with van der Waals surface area (Å²) in [5.74, 6) is -0.908. The van der Waals surface area contributed by atoms with E-state index in [1.807, 2.05) is 13.8 Å². The molecule has 0 aliphatic rings. The van der Waals surface area contributed by atoms with Crippen LogP contribution in [-0.2, 0) is 14.3 Å². The molecular formula is C10H19NO4. The van der Waals surface area contributed by atoms with Crippen LogP contribution in [0.5, 0.6) is 0 Å². The molecule has 0 radical (unpaired) electrons. The number of carbonyl (C=O) groups is 2. The summed E-state index contributed by atoms with van der Waals surface area (Å²) in [5.41, 5.74) is 0. The van der Waals surface area contributed by atoms with E-state index in [2.05, 4.69) is 10.1 Å². The lowest BCUT2D eigenvalue weighted by Gasteiger charge is -2.16. The first kappa shape index (κ1) is 13.9. The number of rotatable bonds is 7. The summed E-state index contributed by atoms with van der Waals surface area (Å²) in [7, 11) is 1.30. The van der Waals surface area contributed by atoms with Gasteiger partial charge >= 0.3 is 11.9 Å². The van der Waals surface area contributed by atoms with Crippen LogP contribution in [-0.4, -0.2) is 36.7 Å². The molecule has 0 bridgehead atoms. The highest BCUT2D eigenvalue weighted by Crippen LogP contribution is 2.01. The van der Waals surface area contributed by atoms with Crippen molar-refractivity contribution < 1.29 is 19.4 Å². The number of hydrogen-bond donors (Lipinski definition) is 2. The molecule has 0 aliphatic carbocycles. The second kappa shape index (κ2) is 7.23. The van der Waals surface area contributed by atoms with E-state index in [0.29, 0.717) is 12.5 Å². The first-order valence-corrected chi connectivity index (χ1v) is 5.00. The van der Waals surface area contributed by atoms with Gasteiger partial charge in [0.1, 0.15) is 6.04 Å². The minimum atomic E-state index is -0.907. The Morgan fingerprint density at radius 3 is 2.40 bits per heavy atom.